The fourth-order valence-corrected chi connectivity index (χ4v) is 1.32. The van der Waals surface area contributed by atoms with Crippen LogP contribution in [0.25, 0.3) is 0 Å². The quantitative estimate of drug-likeness (QED) is 0.533. The molecule has 0 spiro atoms. The van der Waals surface area contributed by atoms with Gasteiger partial charge in [0.2, 0.25) is 0 Å². The van der Waals surface area contributed by atoms with Crippen LogP contribution < -0.4 is 0 Å². The fraction of sp³-hybridized carbons (Fsp3) is 0.857. The van der Waals surface area contributed by atoms with E-state index in [1.54, 1.807) is 4.90 Å². The number of hydrogen-bond acceptors (Lipinski definition) is 3. The lowest BCUT2D eigenvalue weighted by Gasteiger charge is -2.29. The van der Waals surface area contributed by atoms with Crippen LogP contribution in [0, 0.1) is 11.5 Å². The monoisotopic (exact) mass is 140 g/mol. The van der Waals surface area contributed by atoms with Crippen LogP contribution in [0.4, 0.5) is 0 Å². The average Bonchev–Trinajstić information content (AvgIpc) is 2.04. The van der Waals surface area contributed by atoms with Crippen LogP contribution in [0.5, 0.6) is 0 Å². The topological polar surface area (TPSA) is 47.3 Å². The van der Waals surface area contributed by atoms with Crippen molar-refractivity contribution >= 4 is 0 Å². The minimum absolute atomic E-state index is 0.0961. The first-order valence-corrected chi connectivity index (χ1v) is 3.65. The van der Waals surface area contributed by atoms with Gasteiger partial charge in [-0.3, -0.25) is 0 Å². The van der Waals surface area contributed by atoms with Gasteiger partial charge in [0.25, 0.3) is 0 Å². The Bertz CT molecular complexity index is 141. The third kappa shape index (κ3) is 1.39. The van der Waals surface area contributed by atoms with Gasteiger partial charge in [0.05, 0.1) is 12.6 Å². The van der Waals surface area contributed by atoms with Gasteiger partial charge >= 0.3 is 0 Å². The van der Waals surface area contributed by atoms with Crippen molar-refractivity contribution in [3.8, 4) is 6.19 Å². The summed E-state index contributed by atoms with van der Waals surface area (Å²) in [4.78, 5) is 1.67. The van der Waals surface area contributed by atoms with Gasteiger partial charge in [-0.25, -0.2) is 0 Å². The maximum absolute atomic E-state index is 8.80. The second kappa shape index (κ2) is 3.43. The van der Waals surface area contributed by atoms with Crippen molar-refractivity contribution in [3.63, 3.8) is 0 Å². The number of hydrogen-bond donors (Lipinski definition) is 1. The maximum atomic E-state index is 8.80. The first kappa shape index (κ1) is 7.36. The Labute approximate surface area is 60.9 Å². The summed E-state index contributed by atoms with van der Waals surface area (Å²) in [6, 6.07) is 0.0961. The number of nitriles is 1. The molecule has 0 bridgehead atoms. The first-order chi connectivity index (χ1) is 4.88. The molecule has 1 atom stereocenters. The summed E-state index contributed by atoms with van der Waals surface area (Å²) in [5.74, 6) is 0. The van der Waals surface area contributed by atoms with E-state index in [1.165, 1.54) is 0 Å². The molecule has 0 aromatic carbocycles. The smallest absolute Gasteiger partial charge is 0.179 e. The summed E-state index contributed by atoms with van der Waals surface area (Å²) in [6.07, 6.45) is 5.27. The molecule has 0 saturated carbocycles. The molecule has 0 radical (unpaired) electrons. The van der Waals surface area contributed by atoms with E-state index in [-0.39, 0.29) is 12.6 Å². The van der Waals surface area contributed by atoms with Gasteiger partial charge in [0.15, 0.2) is 6.19 Å². The number of nitrogens with zero attached hydrogens (tertiary/aromatic N) is 2. The number of rotatable bonds is 1. The summed E-state index contributed by atoms with van der Waals surface area (Å²) in [7, 11) is 0. The van der Waals surface area contributed by atoms with Crippen molar-refractivity contribution in [1.29, 1.82) is 5.26 Å². The first-order valence-electron chi connectivity index (χ1n) is 3.65. The third-order valence-electron chi connectivity index (χ3n) is 1.97. The van der Waals surface area contributed by atoms with Gasteiger partial charge in [-0.2, -0.15) is 5.26 Å². The average molecular weight is 140 g/mol. The SMILES string of the molecule is N#CN1CCCCC1CO. The van der Waals surface area contributed by atoms with Gasteiger partial charge in [-0.15, -0.1) is 0 Å². The Morgan fingerprint density at radius 3 is 2.90 bits per heavy atom. The van der Waals surface area contributed by atoms with E-state index in [1.807, 2.05) is 0 Å². The van der Waals surface area contributed by atoms with E-state index in [0.717, 1.165) is 25.8 Å². The van der Waals surface area contributed by atoms with E-state index in [0.29, 0.717) is 0 Å². The van der Waals surface area contributed by atoms with Crippen LogP contribution >= 0.6 is 0 Å². The molecule has 0 aromatic heterocycles. The molecule has 10 heavy (non-hydrogen) atoms. The molecule has 3 nitrogen and oxygen atoms in total. The normalized spacial score (nSPS) is 26.0. The number of piperidine rings is 1. The Morgan fingerprint density at radius 2 is 2.40 bits per heavy atom. The predicted octanol–water partition coefficient (Wildman–Crippen LogP) is 0.314. The largest absolute Gasteiger partial charge is 0.394 e. The van der Waals surface area contributed by atoms with E-state index in [4.69, 9.17) is 10.4 Å². The molecule has 1 aliphatic rings. The zero-order valence-electron chi connectivity index (χ0n) is 5.95. The Morgan fingerprint density at radius 1 is 1.60 bits per heavy atom. The van der Waals surface area contributed by atoms with Crippen LogP contribution in [0.1, 0.15) is 19.3 Å². The van der Waals surface area contributed by atoms with Crippen molar-refractivity contribution < 1.29 is 5.11 Å². The Kier molecular flexibility index (Phi) is 2.52. The predicted molar refractivity (Wildman–Crippen MR) is 37.0 cm³/mol. The summed E-state index contributed by atoms with van der Waals surface area (Å²) < 4.78 is 0. The van der Waals surface area contributed by atoms with Crippen molar-refractivity contribution in [2.75, 3.05) is 13.2 Å². The van der Waals surface area contributed by atoms with Crippen LogP contribution in [0.15, 0.2) is 0 Å². The van der Waals surface area contributed by atoms with E-state index in [2.05, 4.69) is 6.19 Å². The fourth-order valence-electron chi connectivity index (χ4n) is 1.32. The molecule has 0 aliphatic carbocycles. The molecule has 56 valence electrons. The van der Waals surface area contributed by atoms with Crippen LogP contribution in [-0.4, -0.2) is 29.2 Å². The van der Waals surface area contributed by atoms with Crippen molar-refractivity contribution in [1.82, 2.24) is 4.90 Å². The lowest BCUT2D eigenvalue weighted by molar-refractivity contribution is 0.137. The Balaban J connectivity index is 2.44. The third-order valence-corrected chi connectivity index (χ3v) is 1.97. The van der Waals surface area contributed by atoms with Gasteiger partial charge in [-0.05, 0) is 19.3 Å². The number of likely N-dealkylation sites (tertiary alicyclic amines) is 1. The summed E-state index contributed by atoms with van der Waals surface area (Å²) in [6.45, 7) is 0.940. The molecule has 1 fully saturated rings. The Hall–Kier alpha value is -0.750. The van der Waals surface area contributed by atoms with Crippen LogP contribution in [-0.2, 0) is 0 Å². The molecular weight excluding hydrogens is 128 g/mol. The molecule has 1 heterocycles. The maximum Gasteiger partial charge on any atom is 0.179 e. The zero-order valence-corrected chi connectivity index (χ0v) is 5.95. The lowest BCUT2D eigenvalue weighted by atomic mass is 10.0. The number of aliphatic hydroxyl groups excluding tert-OH is 1. The minimum Gasteiger partial charge on any atom is -0.394 e. The van der Waals surface area contributed by atoms with Crippen LogP contribution in [0.3, 0.4) is 0 Å². The molecule has 0 amide bonds. The van der Waals surface area contributed by atoms with E-state index < -0.39 is 0 Å². The lowest BCUT2D eigenvalue weighted by Crippen LogP contribution is -2.38. The molecule has 1 saturated heterocycles. The highest BCUT2D eigenvalue weighted by molar-refractivity contribution is 4.84. The van der Waals surface area contributed by atoms with E-state index >= 15 is 0 Å². The molecule has 3 heteroatoms. The molecule has 1 rings (SSSR count). The van der Waals surface area contributed by atoms with Crippen molar-refractivity contribution in [3.05, 3.63) is 0 Å². The second-order valence-corrected chi connectivity index (χ2v) is 2.63. The van der Waals surface area contributed by atoms with Crippen LogP contribution in [0.2, 0.25) is 0 Å². The highest BCUT2D eigenvalue weighted by atomic mass is 16.3. The number of aliphatic hydroxyl groups is 1. The molecule has 1 N–H and O–H groups in total. The molecular formula is C7H12N2O. The molecule has 1 aliphatic heterocycles. The highest BCUT2D eigenvalue weighted by Crippen LogP contribution is 2.14. The molecule has 1 unspecified atom stereocenters. The van der Waals surface area contributed by atoms with Crippen molar-refractivity contribution in [2.45, 2.75) is 25.3 Å². The standard InChI is InChI=1S/C7H12N2O/c8-6-9-4-2-1-3-7(9)5-10/h7,10H,1-5H2. The summed E-state index contributed by atoms with van der Waals surface area (Å²) >= 11 is 0. The van der Waals surface area contributed by atoms with Gasteiger partial charge in [0.1, 0.15) is 0 Å². The summed E-state index contributed by atoms with van der Waals surface area (Å²) in [5.41, 5.74) is 0. The zero-order chi connectivity index (χ0) is 7.40. The van der Waals surface area contributed by atoms with Crippen molar-refractivity contribution in [2.24, 2.45) is 0 Å². The second-order valence-electron chi connectivity index (χ2n) is 2.63. The minimum atomic E-state index is 0.0961. The highest BCUT2D eigenvalue weighted by Gasteiger charge is 2.19. The van der Waals surface area contributed by atoms with E-state index in [9.17, 15) is 0 Å². The van der Waals surface area contributed by atoms with Gasteiger partial charge in [0, 0.05) is 6.54 Å². The van der Waals surface area contributed by atoms with Gasteiger partial charge in [-0.1, -0.05) is 0 Å². The molecule has 0 aromatic rings. The van der Waals surface area contributed by atoms with Gasteiger partial charge < -0.3 is 10.0 Å². The summed E-state index contributed by atoms with van der Waals surface area (Å²) in [5, 5.41) is 17.4.